The van der Waals surface area contributed by atoms with E-state index in [9.17, 15) is 9.59 Å². The number of amides is 1. The Morgan fingerprint density at radius 2 is 2.19 bits per heavy atom. The predicted molar refractivity (Wildman–Crippen MR) is 59.9 cm³/mol. The van der Waals surface area contributed by atoms with Crippen LogP contribution in [-0.4, -0.2) is 36.6 Å². The van der Waals surface area contributed by atoms with Gasteiger partial charge in [0.25, 0.3) is 0 Å². The van der Waals surface area contributed by atoms with E-state index in [1.165, 1.54) is 0 Å². The normalized spacial score (nSPS) is 25.4. The van der Waals surface area contributed by atoms with Gasteiger partial charge in [0, 0.05) is 18.5 Å². The highest BCUT2D eigenvalue weighted by Gasteiger charge is 2.26. The topological polar surface area (TPSA) is 78.4 Å². The van der Waals surface area contributed by atoms with Gasteiger partial charge >= 0.3 is 5.97 Å². The maximum Gasteiger partial charge on any atom is 0.310 e. The number of hydrogen-bond acceptors (Lipinski definition) is 3. The van der Waals surface area contributed by atoms with Crippen molar-refractivity contribution in [3.63, 3.8) is 0 Å². The van der Waals surface area contributed by atoms with Gasteiger partial charge in [0.2, 0.25) is 5.91 Å². The number of carboxylic acids is 1. The van der Waals surface area contributed by atoms with Crippen molar-refractivity contribution in [1.29, 1.82) is 0 Å². The third kappa shape index (κ3) is 3.34. The third-order valence-corrected chi connectivity index (χ3v) is 2.69. The molecule has 0 radical (unpaired) electrons. The molecule has 3 unspecified atom stereocenters. The van der Waals surface area contributed by atoms with E-state index in [4.69, 9.17) is 5.11 Å². The number of rotatable bonds is 5. The number of nitrogens with one attached hydrogen (secondary N) is 2. The van der Waals surface area contributed by atoms with Crippen LogP contribution in [0.5, 0.6) is 0 Å². The van der Waals surface area contributed by atoms with Crippen molar-refractivity contribution in [3.05, 3.63) is 12.2 Å². The van der Waals surface area contributed by atoms with Crippen molar-refractivity contribution in [3.8, 4) is 0 Å². The van der Waals surface area contributed by atoms with E-state index in [1.807, 2.05) is 6.92 Å². The Morgan fingerprint density at radius 3 is 2.69 bits per heavy atom. The number of hydrogen-bond donors (Lipinski definition) is 3. The summed E-state index contributed by atoms with van der Waals surface area (Å²) in [4.78, 5) is 22.3. The number of carboxylic acid groups (broad SMARTS) is 1. The zero-order valence-corrected chi connectivity index (χ0v) is 9.56. The minimum absolute atomic E-state index is 0.0463. The second kappa shape index (κ2) is 5.65. The molecule has 3 atom stereocenters. The fourth-order valence-electron chi connectivity index (χ4n) is 1.71. The average Bonchev–Trinajstić information content (AvgIpc) is 2.66. The number of carbonyl (C=O) groups excluding carboxylic acids is 1. The van der Waals surface area contributed by atoms with Gasteiger partial charge in [-0.05, 0) is 13.5 Å². The van der Waals surface area contributed by atoms with Crippen molar-refractivity contribution < 1.29 is 14.7 Å². The summed E-state index contributed by atoms with van der Waals surface area (Å²) >= 11 is 0. The highest BCUT2D eigenvalue weighted by Crippen LogP contribution is 2.18. The lowest BCUT2D eigenvalue weighted by molar-refractivity contribution is -0.140. The Labute approximate surface area is 94.9 Å². The van der Waals surface area contributed by atoms with Crippen molar-refractivity contribution in [1.82, 2.24) is 10.6 Å². The van der Waals surface area contributed by atoms with Gasteiger partial charge in [-0.2, -0.15) is 0 Å². The quantitative estimate of drug-likeness (QED) is 0.576. The minimum Gasteiger partial charge on any atom is -0.481 e. The van der Waals surface area contributed by atoms with E-state index in [1.54, 1.807) is 19.2 Å². The van der Waals surface area contributed by atoms with Crippen LogP contribution in [0.4, 0.5) is 0 Å². The first-order valence-electron chi connectivity index (χ1n) is 5.40. The van der Waals surface area contributed by atoms with E-state index < -0.39 is 11.9 Å². The highest BCUT2D eigenvalue weighted by molar-refractivity contribution is 5.79. The molecule has 16 heavy (non-hydrogen) atoms. The summed E-state index contributed by atoms with van der Waals surface area (Å²) in [6.45, 7) is 2.45. The molecular formula is C11H18N2O3. The Morgan fingerprint density at radius 1 is 1.50 bits per heavy atom. The third-order valence-electron chi connectivity index (χ3n) is 2.69. The van der Waals surface area contributed by atoms with Gasteiger partial charge in [0.1, 0.15) is 0 Å². The predicted octanol–water partition coefficient (Wildman–Crippen LogP) is -0.0126. The Bertz CT molecular complexity index is 302. The molecule has 5 heteroatoms. The van der Waals surface area contributed by atoms with Crippen LogP contribution in [0, 0.1) is 11.8 Å². The molecule has 0 aromatic heterocycles. The van der Waals surface area contributed by atoms with Gasteiger partial charge in [-0.1, -0.05) is 19.1 Å². The summed E-state index contributed by atoms with van der Waals surface area (Å²) in [5, 5.41) is 14.5. The molecule has 1 aliphatic rings. The second-order valence-corrected chi connectivity index (χ2v) is 4.14. The van der Waals surface area contributed by atoms with Crippen LogP contribution in [-0.2, 0) is 9.59 Å². The smallest absolute Gasteiger partial charge is 0.310 e. The van der Waals surface area contributed by atoms with Crippen molar-refractivity contribution in [2.45, 2.75) is 19.4 Å². The van der Waals surface area contributed by atoms with Crippen LogP contribution in [0.1, 0.15) is 13.3 Å². The molecule has 0 aliphatic heterocycles. The fourth-order valence-corrected chi connectivity index (χ4v) is 1.71. The van der Waals surface area contributed by atoms with Gasteiger partial charge in [0.15, 0.2) is 0 Å². The minimum atomic E-state index is -0.837. The summed E-state index contributed by atoms with van der Waals surface area (Å²) < 4.78 is 0. The van der Waals surface area contributed by atoms with E-state index in [2.05, 4.69) is 10.6 Å². The van der Waals surface area contributed by atoms with Crippen molar-refractivity contribution >= 4 is 11.9 Å². The monoisotopic (exact) mass is 226 g/mol. The molecule has 0 saturated heterocycles. The van der Waals surface area contributed by atoms with E-state index >= 15 is 0 Å². The zero-order valence-electron chi connectivity index (χ0n) is 9.56. The summed E-state index contributed by atoms with van der Waals surface area (Å²) in [5.74, 6) is -1.46. The van der Waals surface area contributed by atoms with Gasteiger partial charge in [-0.25, -0.2) is 0 Å². The van der Waals surface area contributed by atoms with E-state index in [0.29, 0.717) is 13.0 Å². The lowest BCUT2D eigenvalue weighted by Gasteiger charge is -2.16. The SMILES string of the molecule is CNCC(C)C(=O)NC1C=CC(C(=O)O)C1. The maximum atomic E-state index is 11.6. The molecule has 0 saturated carbocycles. The Balaban J connectivity index is 2.37. The Kier molecular flexibility index (Phi) is 4.49. The average molecular weight is 226 g/mol. The molecule has 1 amide bonds. The van der Waals surface area contributed by atoms with Crippen LogP contribution < -0.4 is 10.6 Å². The molecule has 5 nitrogen and oxygen atoms in total. The standard InChI is InChI=1S/C11H18N2O3/c1-7(6-12-2)10(14)13-9-4-3-8(5-9)11(15)16/h3-4,7-9,12H,5-6H2,1-2H3,(H,13,14)(H,15,16). The fraction of sp³-hybridized carbons (Fsp3) is 0.636. The zero-order chi connectivity index (χ0) is 12.1. The molecule has 0 aromatic rings. The van der Waals surface area contributed by atoms with E-state index in [0.717, 1.165) is 0 Å². The van der Waals surface area contributed by atoms with Gasteiger partial charge in [-0.3, -0.25) is 9.59 Å². The molecule has 90 valence electrons. The van der Waals surface area contributed by atoms with Gasteiger partial charge in [-0.15, -0.1) is 0 Å². The molecule has 3 N–H and O–H groups in total. The maximum absolute atomic E-state index is 11.6. The van der Waals surface area contributed by atoms with Crippen LogP contribution in [0.25, 0.3) is 0 Å². The van der Waals surface area contributed by atoms with Gasteiger partial charge in [0.05, 0.1) is 5.92 Å². The van der Waals surface area contributed by atoms with Crippen molar-refractivity contribution in [2.75, 3.05) is 13.6 Å². The molecular weight excluding hydrogens is 208 g/mol. The van der Waals surface area contributed by atoms with E-state index in [-0.39, 0.29) is 17.9 Å². The first kappa shape index (κ1) is 12.7. The summed E-state index contributed by atoms with van der Waals surface area (Å²) in [6, 6.07) is -0.145. The molecule has 1 aliphatic carbocycles. The molecule has 0 bridgehead atoms. The number of carbonyl (C=O) groups is 2. The van der Waals surface area contributed by atoms with Crippen LogP contribution in [0.15, 0.2) is 12.2 Å². The lowest BCUT2D eigenvalue weighted by Crippen LogP contribution is -2.39. The Hall–Kier alpha value is -1.36. The first-order chi connectivity index (χ1) is 7.54. The largest absolute Gasteiger partial charge is 0.481 e. The molecule has 0 spiro atoms. The number of aliphatic carboxylic acids is 1. The first-order valence-corrected chi connectivity index (χ1v) is 5.40. The molecule has 0 fully saturated rings. The van der Waals surface area contributed by atoms with Crippen LogP contribution in [0.2, 0.25) is 0 Å². The highest BCUT2D eigenvalue weighted by atomic mass is 16.4. The lowest BCUT2D eigenvalue weighted by atomic mass is 10.1. The summed E-state index contributed by atoms with van der Waals surface area (Å²) in [7, 11) is 1.79. The summed E-state index contributed by atoms with van der Waals surface area (Å²) in [6.07, 6.45) is 3.84. The second-order valence-electron chi connectivity index (χ2n) is 4.14. The van der Waals surface area contributed by atoms with Crippen LogP contribution >= 0.6 is 0 Å². The van der Waals surface area contributed by atoms with Crippen molar-refractivity contribution in [2.24, 2.45) is 11.8 Å². The van der Waals surface area contributed by atoms with Crippen LogP contribution in [0.3, 0.4) is 0 Å². The molecule has 1 rings (SSSR count). The molecule has 0 heterocycles. The summed E-state index contributed by atoms with van der Waals surface area (Å²) in [5.41, 5.74) is 0. The molecule has 0 aromatic carbocycles. The van der Waals surface area contributed by atoms with Gasteiger partial charge < -0.3 is 15.7 Å².